The van der Waals surface area contributed by atoms with Gasteiger partial charge >= 0.3 is 5.97 Å². The number of carbonyl (C=O) groups is 1. The third-order valence-electron chi connectivity index (χ3n) is 6.58. The number of ether oxygens (including phenoxy) is 1. The van der Waals surface area contributed by atoms with Crippen LogP contribution < -0.4 is 5.32 Å². The molecular formula is C31H35N3O2. The molecule has 1 aromatic heterocycles. The van der Waals surface area contributed by atoms with Gasteiger partial charge in [0.1, 0.15) is 5.54 Å². The average molecular weight is 482 g/mol. The second-order valence-electron chi connectivity index (χ2n) is 8.84. The minimum Gasteiger partial charge on any atom is -0.466 e. The molecule has 0 saturated carbocycles. The van der Waals surface area contributed by atoms with Crippen molar-refractivity contribution in [3.63, 3.8) is 0 Å². The van der Waals surface area contributed by atoms with E-state index < -0.39 is 5.54 Å². The predicted octanol–water partition coefficient (Wildman–Crippen LogP) is 6.11. The van der Waals surface area contributed by atoms with Crippen LogP contribution in [0.4, 0.5) is 0 Å². The molecule has 1 N–H and O–H groups in total. The van der Waals surface area contributed by atoms with E-state index >= 15 is 0 Å². The number of nitrogens with zero attached hydrogens (tertiary/aromatic N) is 2. The normalized spacial score (nSPS) is 12.3. The maximum atomic E-state index is 11.7. The van der Waals surface area contributed by atoms with Crippen LogP contribution in [0.3, 0.4) is 0 Å². The molecule has 36 heavy (non-hydrogen) atoms. The van der Waals surface area contributed by atoms with Crippen LogP contribution in [-0.2, 0) is 15.1 Å². The van der Waals surface area contributed by atoms with Crippen molar-refractivity contribution in [2.24, 2.45) is 0 Å². The lowest BCUT2D eigenvalue weighted by atomic mass is 9.77. The summed E-state index contributed by atoms with van der Waals surface area (Å²) in [5, 5.41) is 3.58. The summed E-state index contributed by atoms with van der Waals surface area (Å²) in [6, 6.07) is 31.9. The van der Waals surface area contributed by atoms with Crippen molar-refractivity contribution in [3.05, 3.63) is 126 Å². The van der Waals surface area contributed by atoms with Gasteiger partial charge in [0.2, 0.25) is 0 Å². The molecule has 3 aromatic carbocycles. The summed E-state index contributed by atoms with van der Waals surface area (Å²) in [5.74, 6) is -0.144. The standard InChI is InChI=1S/C31H35N3O2/c1-3-28(32-22-14-21-30(35)36-4-2)29-23-34(24-33-29)31(25-15-8-5-9-16-25,26-17-10-6-11-18-26)27-19-12-7-13-20-27/h5-13,15-20,23-24,28,32H,3-4,14,21-22H2,1-2H3. The van der Waals surface area contributed by atoms with Gasteiger partial charge in [-0.05, 0) is 43.0 Å². The zero-order chi connectivity index (χ0) is 25.2. The highest BCUT2D eigenvalue weighted by molar-refractivity contribution is 5.69. The van der Waals surface area contributed by atoms with E-state index in [2.05, 4.69) is 114 Å². The molecule has 0 amide bonds. The number of carbonyl (C=O) groups excluding carboxylic acids is 1. The Balaban J connectivity index is 1.72. The highest BCUT2D eigenvalue weighted by atomic mass is 16.5. The van der Waals surface area contributed by atoms with Gasteiger partial charge in [0.25, 0.3) is 0 Å². The zero-order valence-electron chi connectivity index (χ0n) is 21.1. The molecule has 0 spiro atoms. The molecule has 186 valence electrons. The molecule has 1 heterocycles. The number of hydrogen-bond donors (Lipinski definition) is 1. The Morgan fingerprint density at radius 2 is 1.42 bits per heavy atom. The first-order chi connectivity index (χ1) is 17.7. The minimum atomic E-state index is -0.572. The van der Waals surface area contributed by atoms with Gasteiger partial charge in [-0.2, -0.15) is 0 Å². The fourth-order valence-corrected chi connectivity index (χ4v) is 4.89. The molecule has 4 aromatic rings. The number of imidazole rings is 1. The van der Waals surface area contributed by atoms with Gasteiger partial charge in [-0.1, -0.05) is 97.9 Å². The van der Waals surface area contributed by atoms with Gasteiger partial charge in [0.05, 0.1) is 24.7 Å². The van der Waals surface area contributed by atoms with Gasteiger partial charge in [-0.25, -0.2) is 4.98 Å². The lowest BCUT2D eigenvalue weighted by molar-refractivity contribution is -0.143. The maximum absolute atomic E-state index is 11.7. The van der Waals surface area contributed by atoms with Gasteiger partial charge < -0.3 is 14.6 Å². The molecule has 0 aliphatic rings. The topological polar surface area (TPSA) is 56.1 Å². The monoisotopic (exact) mass is 481 g/mol. The van der Waals surface area contributed by atoms with Crippen molar-refractivity contribution in [2.45, 2.75) is 44.7 Å². The Kier molecular flexibility index (Phi) is 8.69. The van der Waals surface area contributed by atoms with Crippen LogP contribution in [0.5, 0.6) is 0 Å². The smallest absolute Gasteiger partial charge is 0.305 e. The molecular weight excluding hydrogens is 446 g/mol. The maximum Gasteiger partial charge on any atom is 0.305 e. The Morgan fingerprint density at radius 1 is 0.889 bits per heavy atom. The Labute approximate surface area is 214 Å². The summed E-state index contributed by atoms with van der Waals surface area (Å²) >= 11 is 0. The van der Waals surface area contributed by atoms with E-state index in [1.165, 1.54) is 16.7 Å². The van der Waals surface area contributed by atoms with Crippen LogP contribution in [0, 0.1) is 0 Å². The SMILES string of the molecule is CCOC(=O)CCCNC(CC)c1cn(C(c2ccccc2)(c2ccccc2)c2ccccc2)cn1. The number of hydrogen-bond acceptors (Lipinski definition) is 4. The summed E-state index contributed by atoms with van der Waals surface area (Å²) in [6.07, 6.45) is 6.17. The molecule has 0 saturated heterocycles. The molecule has 0 aliphatic carbocycles. The summed E-state index contributed by atoms with van der Waals surface area (Å²) in [5.41, 5.74) is 3.92. The largest absolute Gasteiger partial charge is 0.466 e. The van der Waals surface area contributed by atoms with Crippen molar-refractivity contribution >= 4 is 5.97 Å². The van der Waals surface area contributed by atoms with Gasteiger partial charge in [-0.15, -0.1) is 0 Å². The molecule has 0 fully saturated rings. The highest BCUT2D eigenvalue weighted by Gasteiger charge is 2.38. The van der Waals surface area contributed by atoms with Crippen LogP contribution in [-0.4, -0.2) is 28.7 Å². The molecule has 5 nitrogen and oxygen atoms in total. The highest BCUT2D eigenvalue weighted by Crippen LogP contribution is 2.41. The molecule has 0 bridgehead atoms. The van der Waals surface area contributed by atoms with E-state index in [0.29, 0.717) is 13.0 Å². The molecule has 0 aliphatic heterocycles. The van der Waals surface area contributed by atoms with E-state index in [9.17, 15) is 4.79 Å². The van der Waals surface area contributed by atoms with Gasteiger partial charge in [0.15, 0.2) is 0 Å². The number of rotatable bonds is 12. The van der Waals surface area contributed by atoms with Crippen molar-refractivity contribution in [1.82, 2.24) is 14.9 Å². The van der Waals surface area contributed by atoms with Gasteiger partial charge in [0, 0.05) is 12.6 Å². The van der Waals surface area contributed by atoms with E-state index in [1.807, 2.05) is 13.3 Å². The summed E-state index contributed by atoms with van der Waals surface area (Å²) in [7, 11) is 0. The van der Waals surface area contributed by atoms with E-state index in [4.69, 9.17) is 9.72 Å². The van der Waals surface area contributed by atoms with E-state index in [-0.39, 0.29) is 12.0 Å². The third-order valence-corrected chi connectivity index (χ3v) is 6.58. The molecule has 1 atom stereocenters. The van der Waals surface area contributed by atoms with Crippen LogP contribution in [0.15, 0.2) is 104 Å². The van der Waals surface area contributed by atoms with Crippen LogP contribution in [0.1, 0.15) is 61.5 Å². The van der Waals surface area contributed by atoms with Crippen molar-refractivity contribution < 1.29 is 9.53 Å². The second kappa shape index (κ2) is 12.3. The van der Waals surface area contributed by atoms with Crippen LogP contribution >= 0.6 is 0 Å². The number of nitrogens with one attached hydrogen (secondary N) is 1. The number of esters is 1. The first-order valence-corrected chi connectivity index (χ1v) is 12.8. The zero-order valence-corrected chi connectivity index (χ0v) is 21.1. The quantitative estimate of drug-likeness (QED) is 0.151. The summed E-state index contributed by atoms with van der Waals surface area (Å²) in [6.45, 7) is 5.14. The molecule has 4 rings (SSSR count). The van der Waals surface area contributed by atoms with Crippen molar-refractivity contribution in [3.8, 4) is 0 Å². The summed E-state index contributed by atoms with van der Waals surface area (Å²) in [4.78, 5) is 16.6. The second-order valence-corrected chi connectivity index (χ2v) is 8.84. The number of benzene rings is 3. The Hall–Kier alpha value is -3.70. The van der Waals surface area contributed by atoms with E-state index in [1.54, 1.807) is 0 Å². The third kappa shape index (κ3) is 5.42. The molecule has 0 radical (unpaired) electrons. The first-order valence-electron chi connectivity index (χ1n) is 12.8. The van der Waals surface area contributed by atoms with Crippen LogP contribution in [0.2, 0.25) is 0 Å². The van der Waals surface area contributed by atoms with Crippen LogP contribution in [0.25, 0.3) is 0 Å². The van der Waals surface area contributed by atoms with Gasteiger partial charge in [-0.3, -0.25) is 4.79 Å². The molecule has 1 unspecified atom stereocenters. The Morgan fingerprint density at radius 3 is 1.89 bits per heavy atom. The predicted molar refractivity (Wildman–Crippen MR) is 144 cm³/mol. The lowest BCUT2D eigenvalue weighted by Gasteiger charge is -2.37. The lowest BCUT2D eigenvalue weighted by Crippen LogP contribution is -2.37. The molecule has 5 heteroatoms. The Bertz CT molecular complexity index is 1110. The van der Waals surface area contributed by atoms with E-state index in [0.717, 1.165) is 25.1 Å². The minimum absolute atomic E-state index is 0.0912. The average Bonchev–Trinajstić information content (AvgIpc) is 3.41. The first kappa shape index (κ1) is 25.4. The fourth-order valence-electron chi connectivity index (χ4n) is 4.89. The van der Waals surface area contributed by atoms with Crippen molar-refractivity contribution in [2.75, 3.05) is 13.2 Å². The number of aromatic nitrogens is 2. The van der Waals surface area contributed by atoms with Crippen molar-refractivity contribution in [1.29, 1.82) is 0 Å². The summed E-state index contributed by atoms with van der Waals surface area (Å²) < 4.78 is 7.29. The fraction of sp³-hybridized carbons (Fsp3) is 0.290.